The summed E-state index contributed by atoms with van der Waals surface area (Å²) in [7, 11) is 1.64. The average molecular weight is 318 g/mol. The van der Waals surface area contributed by atoms with Gasteiger partial charge in [0.15, 0.2) is 5.69 Å². The molecule has 0 aliphatic carbocycles. The molecule has 0 saturated carbocycles. The van der Waals surface area contributed by atoms with Crippen LogP contribution in [0, 0.1) is 11.3 Å². The quantitative estimate of drug-likeness (QED) is 0.723. The van der Waals surface area contributed by atoms with E-state index in [2.05, 4.69) is 35.4 Å². The summed E-state index contributed by atoms with van der Waals surface area (Å²) in [5.74, 6) is 0.809. The van der Waals surface area contributed by atoms with E-state index < -0.39 is 0 Å². The molecule has 3 rings (SSSR count). The average Bonchev–Trinajstić information content (AvgIpc) is 3.05. The Hall–Kier alpha value is -3.13. The van der Waals surface area contributed by atoms with Crippen molar-refractivity contribution >= 4 is 0 Å². The van der Waals surface area contributed by atoms with E-state index in [1.807, 2.05) is 47.1 Å². The zero-order valence-electron chi connectivity index (χ0n) is 13.7. The lowest BCUT2D eigenvalue weighted by Crippen LogP contribution is -2.13. The Kier molecular flexibility index (Phi) is 4.57. The van der Waals surface area contributed by atoms with Gasteiger partial charge in [-0.15, -0.1) is 5.10 Å². The van der Waals surface area contributed by atoms with Crippen LogP contribution in [-0.4, -0.2) is 22.1 Å². The van der Waals surface area contributed by atoms with Gasteiger partial charge in [-0.2, -0.15) is 5.26 Å². The van der Waals surface area contributed by atoms with E-state index in [0.717, 1.165) is 22.6 Å². The maximum atomic E-state index is 9.36. The van der Waals surface area contributed by atoms with Crippen LogP contribution in [0.5, 0.6) is 5.75 Å². The van der Waals surface area contributed by atoms with E-state index in [4.69, 9.17) is 4.74 Å². The molecule has 1 atom stereocenters. The van der Waals surface area contributed by atoms with Gasteiger partial charge in [-0.25, -0.2) is 4.68 Å². The molecule has 24 heavy (non-hydrogen) atoms. The topological polar surface area (TPSA) is 63.7 Å². The minimum Gasteiger partial charge on any atom is -0.497 e. The molecule has 1 unspecified atom stereocenters. The van der Waals surface area contributed by atoms with Gasteiger partial charge in [-0.1, -0.05) is 47.7 Å². The maximum absolute atomic E-state index is 9.36. The Morgan fingerprint density at radius 2 is 1.83 bits per heavy atom. The predicted molar refractivity (Wildman–Crippen MR) is 90.8 cm³/mol. The van der Waals surface area contributed by atoms with Crippen LogP contribution in [-0.2, 0) is 6.42 Å². The molecular weight excluding hydrogens is 300 g/mol. The van der Waals surface area contributed by atoms with Crippen molar-refractivity contribution < 1.29 is 4.74 Å². The highest BCUT2D eigenvalue weighted by atomic mass is 16.5. The second kappa shape index (κ2) is 6.97. The van der Waals surface area contributed by atoms with E-state index in [9.17, 15) is 5.26 Å². The molecule has 5 heteroatoms. The minimum atomic E-state index is 0.00838. The predicted octanol–water partition coefficient (Wildman–Crippen LogP) is 3.36. The molecule has 0 fully saturated rings. The molecule has 0 amide bonds. The van der Waals surface area contributed by atoms with E-state index in [0.29, 0.717) is 12.1 Å². The molecule has 0 saturated heterocycles. The van der Waals surface area contributed by atoms with Crippen LogP contribution in [0.4, 0.5) is 0 Å². The summed E-state index contributed by atoms with van der Waals surface area (Å²) in [5.41, 5.74) is 3.40. The van der Waals surface area contributed by atoms with Crippen LogP contribution < -0.4 is 4.74 Å². The van der Waals surface area contributed by atoms with E-state index in [1.54, 1.807) is 7.11 Å². The highest BCUT2D eigenvalue weighted by molar-refractivity contribution is 5.34. The van der Waals surface area contributed by atoms with Gasteiger partial charge in [0.25, 0.3) is 0 Å². The van der Waals surface area contributed by atoms with Crippen molar-refractivity contribution in [3.05, 3.63) is 77.1 Å². The fraction of sp³-hybridized carbons (Fsp3) is 0.211. The molecule has 120 valence electrons. The van der Waals surface area contributed by atoms with Crippen LogP contribution in [0.2, 0.25) is 0 Å². The second-order valence-corrected chi connectivity index (χ2v) is 5.55. The molecule has 1 aromatic heterocycles. The lowest BCUT2D eigenvalue weighted by Gasteiger charge is -2.15. The van der Waals surface area contributed by atoms with Gasteiger partial charge >= 0.3 is 0 Å². The first-order valence-corrected chi connectivity index (χ1v) is 7.75. The van der Waals surface area contributed by atoms with Crippen LogP contribution in [0.1, 0.15) is 35.5 Å². The van der Waals surface area contributed by atoms with Gasteiger partial charge in [-0.05, 0) is 30.2 Å². The molecule has 2 aromatic carbocycles. The number of nitrogens with zero attached hydrogens (tertiary/aromatic N) is 4. The third-order valence-corrected chi connectivity index (χ3v) is 4.08. The minimum absolute atomic E-state index is 0.00838. The first kappa shape index (κ1) is 15.8. The molecule has 5 nitrogen and oxygen atoms in total. The van der Waals surface area contributed by atoms with Crippen molar-refractivity contribution in [1.82, 2.24) is 15.0 Å². The number of hydrogen-bond donors (Lipinski definition) is 0. The Morgan fingerprint density at radius 1 is 1.12 bits per heavy atom. The molecule has 0 spiro atoms. The van der Waals surface area contributed by atoms with Crippen LogP contribution in [0.15, 0.2) is 54.6 Å². The molecule has 0 bridgehead atoms. The van der Waals surface area contributed by atoms with Gasteiger partial charge in [0.2, 0.25) is 0 Å². The van der Waals surface area contributed by atoms with E-state index >= 15 is 0 Å². The van der Waals surface area contributed by atoms with Crippen molar-refractivity contribution in [3.8, 4) is 11.8 Å². The molecule has 3 aromatic rings. The fourth-order valence-corrected chi connectivity index (χ4v) is 2.69. The molecule has 0 aliphatic rings. The molecular formula is C19H18N4O. The number of hydrogen-bond acceptors (Lipinski definition) is 4. The molecule has 0 aliphatic heterocycles. The number of aromatic nitrogens is 3. The van der Waals surface area contributed by atoms with Gasteiger partial charge in [0.1, 0.15) is 11.8 Å². The summed E-state index contributed by atoms with van der Waals surface area (Å²) in [6, 6.07) is 20.0. The highest BCUT2D eigenvalue weighted by Crippen LogP contribution is 2.22. The summed E-state index contributed by atoms with van der Waals surface area (Å²) in [5, 5.41) is 17.6. The maximum Gasteiger partial charge on any atom is 0.186 e. The first-order valence-electron chi connectivity index (χ1n) is 7.75. The smallest absolute Gasteiger partial charge is 0.186 e. The van der Waals surface area contributed by atoms with Gasteiger partial charge in [0.05, 0.1) is 18.8 Å². The zero-order valence-corrected chi connectivity index (χ0v) is 13.7. The monoisotopic (exact) mass is 318 g/mol. The van der Waals surface area contributed by atoms with Gasteiger partial charge in [0, 0.05) is 6.42 Å². The third-order valence-electron chi connectivity index (χ3n) is 4.08. The van der Waals surface area contributed by atoms with Crippen molar-refractivity contribution in [2.24, 2.45) is 0 Å². The number of rotatable bonds is 5. The van der Waals surface area contributed by atoms with Crippen LogP contribution >= 0.6 is 0 Å². The van der Waals surface area contributed by atoms with Gasteiger partial charge in [-0.3, -0.25) is 0 Å². The fourth-order valence-electron chi connectivity index (χ4n) is 2.69. The van der Waals surface area contributed by atoms with Crippen molar-refractivity contribution in [3.63, 3.8) is 0 Å². The van der Waals surface area contributed by atoms with E-state index in [-0.39, 0.29) is 6.04 Å². The number of ether oxygens (including phenoxy) is 1. The summed E-state index contributed by atoms with van der Waals surface area (Å²) in [6.45, 7) is 2.06. The Bertz CT molecular complexity index is 847. The number of methoxy groups -OCH3 is 1. The molecule has 0 N–H and O–H groups in total. The van der Waals surface area contributed by atoms with Crippen molar-refractivity contribution in [1.29, 1.82) is 5.26 Å². The summed E-state index contributed by atoms with van der Waals surface area (Å²) in [6.07, 6.45) is 0.594. The summed E-state index contributed by atoms with van der Waals surface area (Å²) in [4.78, 5) is 0. The number of benzene rings is 2. The van der Waals surface area contributed by atoms with Crippen molar-refractivity contribution in [2.75, 3.05) is 7.11 Å². The summed E-state index contributed by atoms with van der Waals surface area (Å²) < 4.78 is 7.02. The third kappa shape index (κ3) is 3.13. The Morgan fingerprint density at radius 3 is 2.46 bits per heavy atom. The lowest BCUT2D eigenvalue weighted by molar-refractivity contribution is 0.414. The highest BCUT2D eigenvalue weighted by Gasteiger charge is 2.18. The summed E-state index contributed by atoms with van der Waals surface area (Å²) >= 11 is 0. The normalized spacial score (nSPS) is 11.7. The van der Waals surface area contributed by atoms with Gasteiger partial charge < -0.3 is 4.74 Å². The number of nitriles is 1. The molecule has 1 heterocycles. The largest absolute Gasteiger partial charge is 0.497 e. The first-order chi connectivity index (χ1) is 11.7. The standard InChI is InChI=1S/C19H18N4O/c1-14(16-6-4-3-5-7-16)23-19(18(13-20)21-22-23)12-15-8-10-17(24-2)11-9-15/h3-11,14H,12H2,1-2H3. The zero-order chi connectivity index (χ0) is 16.9. The van der Waals surface area contributed by atoms with E-state index in [1.165, 1.54) is 0 Å². The Labute approximate surface area is 141 Å². The Balaban J connectivity index is 1.94. The van der Waals surface area contributed by atoms with Crippen molar-refractivity contribution in [2.45, 2.75) is 19.4 Å². The molecule has 0 radical (unpaired) electrons. The second-order valence-electron chi connectivity index (χ2n) is 5.55. The SMILES string of the molecule is COc1ccc(Cc2c(C#N)nnn2C(C)c2ccccc2)cc1. The van der Waals surface area contributed by atoms with Crippen LogP contribution in [0.3, 0.4) is 0 Å². The lowest BCUT2D eigenvalue weighted by atomic mass is 10.1. The van der Waals surface area contributed by atoms with Crippen LogP contribution in [0.25, 0.3) is 0 Å².